The minimum atomic E-state index is -3.64. The van der Waals surface area contributed by atoms with E-state index >= 15 is 0 Å². The van der Waals surface area contributed by atoms with Crippen LogP contribution in [0.4, 0.5) is 0 Å². The normalized spacial score (nSPS) is 16.7. The first-order chi connectivity index (χ1) is 13.1. The fraction of sp³-hybridized carbons (Fsp3) is 0.250. The molecule has 7 heteroatoms. The number of para-hydroxylation sites is 1. The SMILES string of the molecule is C=CCN(CC1CC(c2ccccc2OC)=NO1)S(=O)(=O)c1ccccc1. The summed E-state index contributed by atoms with van der Waals surface area (Å²) in [7, 11) is -2.04. The number of methoxy groups -OCH3 is 1. The lowest BCUT2D eigenvalue weighted by Crippen LogP contribution is -2.37. The maximum atomic E-state index is 12.9. The lowest BCUT2D eigenvalue weighted by atomic mass is 10.0. The molecule has 0 spiro atoms. The van der Waals surface area contributed by atoms with Crippen LogP contribution in [0.2, 0.25) is 0 Å². The maximum absolute atomic E-state index is 12.9. The highest BCUT2D eigenvalue weighted by Crippen LogP contribution is 2.26. The van der Waals surface area contributed by atoms with E-state index in [0.717, 1.165) is 11.3 Å². The van der Waals surface area contributed by atoms with Crippen LogP contribution in [0, 0.1) is 0 Å². The van der Waals surface area contributed by atoms with Crippen molar-refractivity contribution in [3.05, 3.63) is 72.8 Å². The first-order valence-corrected chi connectivity index (χ1v) is 10.0. The van der Waals surface area contributed by atoms with E-state index < -0.39 is 10.0 Å². The van der Waals surface area contributed by atoms with Crippen LogP contribution >= 0.6 is 0 Å². The molecule has 1 aliphatic rings. The van der Waals surface area contributed by atoms with Gasteiger partial charge in [-0.25, -0.2) is 8.42 Å². The molecule has 1 aliphatic heterocycles. The van der Waals surface area contributed by atoms with Gasteiger partial charge in [-0.3, -0.25) is 0 Å². The molecule has 0 saturated heterocycles. The third-order valence-corrected chi connectivity index (χ3v) is 6.12. The molecule has 0 N–H and O–H groups in total. The van der Waals surface area contributed by atoms with E-state index in [0.29, 0.717) is 12.2 Å². The molecule has 0 aliphatic carbocycles. The summed E-state index contributed by atoms with van der Waals surface area (Å²) in [4.78, 5) is 5.77. The van der Waals surface area contributed by atoms with Gasteiger partial charge in [0, 0.05) is 18.5 Å². The number of ether oxygens (including phenoxy) is 1. The quantitative estimate of drug-likeness (QED) is 0.654. The van der Waals surface area contributed by atoms with Crippen molar-refractivity contribution in [2.75, 3.05) is 20.2 Å². The summed E-state index contributed by atoms with van der Waals surface area (Å²) in [6, 6.07) is 15.9. The van der Waals surface area contributed by atoms with E-state index in [9.17, 15) is 8.42 Å². The lowest BCUT2D eigenvalue weighted by Gasteiger charge is -2.23. The number of oxime groups is 1. The Morgan fingerprint density at radius 3 is 2.63 bits per heavy atom. The summed E-state index contributed by atoms with van der Waals surface area (Å²) in [6.07, 6.45) is 1.69. The topological polar surface area (TPSA) is 68.2 Å². The molecule has 0 bridgehead atoms. The molecule has 6 nitrogen and oxygen atoms in total. The minimum Gasteiger partial charge on any atom is -0.496 e. The standard InChI is InChI=1S/C20H22N2O4S/c1-3-13-22(27(23,24)17-9-5-4-6-10-17)15-16-14-19(21-26-16)18-11-7-8-12-20(18)25-2/h3-12,16H,1,13-15H2,2H3. The van der Waals surface area contributed by atoms with Gasteiger partial charge in [0.2, 0.25) is 10.0 Å². The molecule has 0 amide bonds. The molecule has 2 aromatic carbocycles. The van der Waals surface area contributed by atoms with E-state index in [-0.39, 0.29) is 24.1 Å². The van der Waals surface area contributed by atoms with Crippen LogP contribution < -0.4 is 4.74 Å². The largest absolute Gasteiger partial charge is 0.496 e. The van der Waals surface area contributed by atoms with Gasteiger partial charge in [-0.05, 0) is 24.3 Å². The van der Waals surface area contributed by atoms with Gasteiger partial charge in [0.15, 0.2) is 0 Å². The zero-order valence-electron chi connectivity index (χ0n) is 15.1. The first kappa shape index (κ1) is 19.1. The number of hydrogen-bond acceptors (Lipinski definition) is 5. The molecule has 0 aromatic heterocycles. The molecule has 1 unspecified atom stereocenters. The van der Waals surface area contributed by atoms with Crippen molar-refractivity contribution in [3.63, 3.8) is 0 Å². The molecule has 3 rings (SSSR count). The smallest absolute Gasteiger partial charge is 0.243 e. The van der Waals surface area contributed by atoms with Crippen molar-refractivity contribution >= 4 is 15.7 Å². The zero-order valence-corrected chi connectivity index (χ0v) is 15.9. The molecular formula is C20H22N2O4S. The lowest BCUT2D eigenvalue weighted by molar-refractivity contribution is 0.0721. The van der Waals surface area contributed by atoms with Crippen LogP contribution in [0.1, 0.15) is 12.0 Å². The molecule has 0 fully saturated rings. The highest BCUT2D eigenvalue weighted by atomic mass is 32.2. The molecule has 1 heterocycles. The third kappa shape index (κ3) is 4.20. The van der Waals surface area contributed by atoms with Gasteiger partial charge < -0.3 is 9.57 Å². The van der Waals surface area contributed by atoms with Crippen LogP contribution in [0.25, 0.3) is 0 Å². The van der Waals surface area contributed by atoms with Gasteiger partial charge in [0.05, 0.1) is 24.3 Å². The number of rotatable bonds is 8. The Morgan fingerprint density at radius 2 is 1.93 bits per heavy atom. The number of hydrogen-bond donors (Lipinski definition) is 0. The van der Waals surface area contributed by atoms with E-state index in [2.05, 4.69) is 11.7 Å². The Hall–Kier alpha value is -2.64. The summed E-state index contributed by atoms with van der Waals surface area (Å²) in [5.41, 5.74) is 1.59. The van der Waals surface area contributed by atoms with Crippen molar-refractivity contribution in [1.29, 1.82) is 0 Å². The van der Waals surface area contributed by atoms with Crippen molar-refractivity contribution in [2.24, 2.45) is 5.16 Å². The van der Waals surface area contributed by atoms with Crippen molar-refractivity contribution < 1.29 is 18.0 Å². The molecule has 27 heavy (non-hydrogen) atoms. The monoisotopic (exact) mass is 386 g/mol. The van der Waals surface area contributed by atoms with E-state index in [1.165, 1.54) is 4.31 Å². The summed E-state index contributed by atoms with van der Waals surface area (Å²) in [5.74, 6) is 0.709. The predicted octanol–water partition coefficient (Wildman–Crippen LogP) is 3.07. The molecule has 2 aromatic rings. The van der Waals surface area contributed by atoms with E-state index in [1.54, 1.807) is 43.5 Å². The Labute approximate surface area is 159 Å². The van der Waals surface area contributed by atoms with Gasteiger partial charge in [0.1, 0.15) is 11.9 Å². The molecule has 1 atom stereocenters. The van der Waals surface area contributed by atoms with Gasteiger partial charge in [0.25, 0.3) is 0 Å². The maximum Gasteiger partial charge on any atom is 0.243 e. The second-order valence-corrected chi connectivity index (χ2v) is 8.03. The van der Waals surface area contributed by atoms with Gasteiger partial charge >= 0.3 is 0 Å². The molecule has 0 radical (unpaired) electrons. The van der Waals surface area contributed by atoms with E-state index in [1.807, 2.05) is 24.3 Å². The van der Waals surface area contributed by atoms with Crippen LogP contribution in [0.15, 0.2) is 77.3 Å². The Balaban J connectivity index is 1.75. The van der Waals surface area contributed by atoms with Crippen LogP contribution in [0.5, 0.6) is 5.75 Å². The zero-order chi connectivity index (χ0) is 19.3. The second-order valence-electron chi connectivity index (χ2n) is 6.09. The molecule has 0 saturated carbocycles. The summed E-state index contributed by atoms with van der Waals surface area (Å²) >= 11 is 0. The Bertz CT molecular complexity index is 926. The van der Waals surface area contributed by atoms with E-state index in [4.69, 9.17) is 9.57 Å². The highest BCUT2D eigenvalue weighted by molar-refractivity contribution is 7.89. The number of benzene rings is 2. The Kier molecular flexibility index (Phi) is 5.93. The first-order valence-electron chi connectivity index (χ1n) is 8.58. The number of nitrogens with zero attached hydrogens (tertiary/aromatic N) is 2. The summed E-state index contributed by atoms with van der Waals surface area (Å²) in [6.45, 7) is 4.06. The average molecular weight is 386 g/mol. The molecular weight excluding hydrogens is 364 g/mol. The van der Waals surface area contributed by atoms with Crippen LogP contribution in [-0.4, -0.2) is 44.7 Å². The van der Waals surface area contributed by atoms with Gasteiger partial charge in [-0.1, -0.05) is 41.6 Å². The second kappa shape index (κ2) is 8.37. The minimum absolute atomic E-state index is 0.186. The fourth-order valence-corrected chi connectivity index (χ4v) is 4.42. The van der Waals surface area contributed by atoms with Crippen molar-refractivity contribution in [3.8, 4) is 5.75 Å². The molecule has 142 valence electrons. The predicted molar refractivity (Wildman–Crippen MR) is 104 cm³/mol. The fourth-order valence-electron chi connectivity index (χ4n) is 2.95. The average Bonchev–Trinajstić information content (AvgIpc) is 3.16. The summed E-state index contributed by atoms with van der Waals surface area (Å²) < 4.78 is 32.6. The summed E-state index contributed by atoms with van der Waals surface area (Å²) in [5, 5.41) is 4.15. The van der Waals surface area contributed by atoms with Crippen LogP contribution in [0.3, 0.4) is 0 Å². The highest BCUT2D eigenvalue weighted by Gasteiger charge is 2.31. The van der Waals surface area contributed by atoms with Crippen LogP contribution in [-0.2, 0) is 14.9 Å². The third-order valence-electron chi connectivity index (χ3n) is 4.27. The Morgan fingerprint density at radius 1 is 1.22 bits per heavy atom. The van der Waals surface area contributed by atoms with Gasteiger partial charge in [-0.2, -0.15) is 4.31 Å². The van der Waals surface area contributed by atoms with Crippen molar-refractivity contribution in [1.82, 2.24) is 4.31 Å². The number of sulfonamides is 1. The van der Waals surface area contributed by atoms with Gasteiger partial charge in [-0.15, -0.1) is 6.58 Å². The van der Waals surface area contributed by atoms with Crippen molar-refractivity contribution in [2.45, 2.75) is 17.4 Å².